The third-order valence-electron chi connectivity index (χ3n) is 5.85. The van der Waals surface area contributed by atoms with Gasteiger partial charge in [-0.05, 0) is 48.1 Å². The molecule has 1 saturated carbocycles. The Morgan fingerprint density at radius 3 is 2.42 bits per heavy atom. The fourth-order valence-electron chi connectivity index (χ4n) is 3.78. The molecule has 0 saturated heterocycles. The first-order valence-electron chi connectivity index (χ1n) is 10.5. The van der Waals surface area contributed by atoms with Gasteiger partial charge in [-0.15, -0.1) is 5.53 Å². The maximum atomic E-state index is 13.1. The van der Waals surface area contributed by atoms with Crippen LogP contribution in [0.1, 0.15) is 31.2 Å². The van der Waals surface area contributed by atoms with Crippen molar-refractivity contribution in [3.05, 3.63) is 77.9 Å². The number of halogens is 3. The van der Waals surface area contributed by atoms with Crippen LogP contribution in [0.15, 0.2) is 77.2 Å². The summed E-state index contributed by atoms with van der Waals surface area (Å²) in [6.45, 7) is 1.54. The van der Waals surface area contributed by atoms with E-state index in [1.165, 1.54) is 47.6 Å². The summed E-state index contributed by atoms with van der Waals surface area (Å²) in [5.74, 6) is 0.564. The molecule has 3 aliphatic rings. The normalized spacial score (nSPS) is 18.3. The Labute approximate surface area is 189 Å². The minimum absolute atomic E-state index is 0.00182. The second kappa shape index (κ2) is 7.74. The minimum Gasteiger partial charge on any atom is -0.264 e. The molecule has 1 aliphatic carbocycles. The smallest absolute Gasteiger partial charge is 0.264 e. The fraction of sp³-hybridized carbons (Fsp3) is 0.261. The van der Waals surface area contributed by atoms with Crippen LogP contribution in [0.2, 0.25) is 0 Å². The first-order chi connectivity index (χ1) is 15.7. The first-order valence-corrected chi connectivity index (χ1v) is 12.2. The number of sulfone groups is 1. The summed E-state index contributed by atoms with van der Waals surface area (Å²) < 4.78 is 65.0. The van der Waals surface area contributed by atoms with E-state index < -0.39 is 21.6 Å². The second-order valence-corrected chi connectivity index (χ2v) is 10.4. The Hall–Kier alpha value is -3.11. The number of nitrogens with one attached hydrogen (secondary N) is 1. The topological polar surface area (TPSA) is 65.5 Å². The number of aromatic nitrogens is 1. The number of hydrazine groups is 2. The van der Waals surface area contributed by atoms with Crippen molar-refractivity contribution in [2.24, 2.45) is 0 Å². The van der Waals surface area contributed by atoms with Gasteiger partial charge in [0.15, 0.2) is 15.7 Å². The van der Waals surface area contributed by atoms with E-state index in [0.717, 1.165) is 17.8 Å². The van der Waals surface area contributed by atoms with Gasteiger partial charge in [-0.1, -0.05) is 31.2 Å². The molecule has 1 aromatic carbocycles. The van der Waals surface area contributed by atoms with Crippen molar-refractivity contribution in [1.29, 1.82) is 0 Å². The van der Waals surface area contributed by atoms with Crippen LogP contribution in [0.5, 0.6) is 0 Å². The number of hydrogen-bond acceptors (Lipinski definition) is 6. The van der Waals surface area contributed by atoms with E-state index in [2.05, 4.69) is 22.7 Å². The Bertz CT molecular complexity index is 1290. The van der Waals surface area contributed by atoms with Gasteiger partial charge in [-0.3, -0.25) is 5.01 Å². The Balaban J connectivity index is 1.50. The number of pyridine rings is 1. The van der Waals surface area contributed by atoms with Crippen molar-refractivity contribution in [2.45, 2.75) is 36.8 Å². The van der Waals surface area contributed by atoms with Crippen molar-refractivity contribution in [2.75, 3.05) is 10.8 Å². The van der Waals surface area contributed by atoms with Gasteiger partial charge in [-0.25, -0.2) is 18.4 Å². The van der Waals surface area contributed by atoms with Gasteiger partial charge in [-0.2, -0.15) is 13.2 Å². The van der Waals surface area contributed by atoms with E-state index in [-0.39, 0.29) is 16.5 Å². The maximum Gasteiger partial charge on any atom is 0.417 e. The zero-order chi connectivity index (χ0) is 23.4. The van der Waals surface area contributed by atoms with E-state index in [1.54, 1.807) is 12.3 Å². The van der Waals surface area contributed by atoms with Gasteiger partial charge >= 0.3 is 6.18 Å². The third kappa shape index (κ3) is 4.16. The summed E-state index contributed by atoms with van der Waals surface area (Å²) in [7, 11) is -3.68. The quantitative estimate of drug-likeness (QED) is 0.671. The summed E-state index contributed by atoms with van der Waals surface area (Å²) >= 11 is 0. The molecule has 0 amide bonds. The number of hydrogen-bond donors (Lipinski definition) is 1. The van der Waals surface area contributed by atoms with Gasteiger partial charge < -0.3 is 0 Å². The van der Waals surface area contributed by atoms with Gasteiger partial charge in [0.25, 0.3) is 0 Å². The summed E-state index contributed by atoms with van der Waals surface area (Å²) in [4.78, 5) is 4.39. The lowest BCUT2D eigenvalue weighted by molar-refractivity contribution is -0.0895. The number of allylic oxidation sites excluding steroid dienone is 3. The molecular weight excluding hydrogens is 453 g/mol. The summed E-state index contributed by atoms with van der Waals surface area (Å²) in [5.41, 5.74) is 5.11. The third-order valence-corrected chi connectivity index (χ3v) is 7.58. The SMILES string of the molecule is CCS(=O)(=O)c1cc(-c2ccc(C3CC3)cc2)cnc1N1C=C2C=CC(C(F)(F)F)=CN2N1. The number of anilines is 1. The molecule has 3 heterocycles. The van der Waals surface area contributed by atoms with Crippen LogP contribution in [0.4, 0.5) is 19.0 Å². The van der Waals surface area contributed by atoms with Gasteiger partial charge in [0.1, 0.15) is 4.90 Å². The van der Waals surface area contributed by atoms with Crippen LogP contribution in [0.3, 0.4) is 0 Å². The van der Waals surface area contributed by atoms with Crippen LogP contribution >= 0.6 is 0 Å². The maximum absolute atomic E-state index is 13.1. The summed E-state index contributed by atoms with van der Waals surface area (Å²) in [6.07, 6.45) is 4.15. The Morgan fingerprint density at radius 2 is 1.79 bits per heavy atom. The number of alkyl halides is 3. The molecule has 1 N–H and O–H groups in total. The molecule has 33 heavy (non-hydrogen) atoms. The fourth-order valence-corrected chi connectivity index (χ4v) is 4.83. The predicted molar refractivity (Wildman–Crippen MR) is 118 cm³/mol. The molecule has 0 bridgehead atoms. The van der Waals surface area contributed by atoms with E-state index in [9.17, 15) is 21.6 Å². The Morgan fingerprint density at radius 1 is 1.06 bits per heavy atom. The molecule has 0 spiro atoms. The summed E-state index contributed by atoms with van der Waals surface area (Å²) in [5, 5.41) is 2.50. The van der Waals surface area contributed by atoms with Crippen LogP contribution in [-0.2, 0) is 9.84 Å². The van der Waals surface area contributed by atoms with Crippen molar-refractivity contribution < 1.29 is 21.6 Å². The minimum atomic E-state index is -4.50. The van der Waals surface area contributed by atoms with Gasteiger partial charge in [0.05, 0.1) is 23.2 Å². The lowest BCUT2D eigenvalue weighted by atomic mass is 10.0. The average Bonchev–Trinajstić information content (AvgIpc) is 3.56. The molecule has 6 nitrogen and oxygen atoms in total. The highest BCUT2D eigenvalue weighted by molar-refractivity contribution is 7.91. The molecule has 1 fully saturated rings. The Kier molecular flexibility index (Phi) is 5.09. The molecule has 10 heteroatoms. The zero-order valence-electron chi connectivity index (χ0n) is 17.7. The van der Waals surface area contributed by atoms with Gasteiger partial charge in [0.2, 0.25) is 0 Å². The van der Waals surface area contributed by atoms with E-state index in [0.29, 0.717) is 17.2 Å². The van der Waals surface area contributed by atoms with Crippen LogP contribution < -0.4 is 10.5 Å². The molecule has 2 aliphatic heterocycles. The molecule has 0 radical (unpaired) electrons. The average molecular weight is 475 g/mol. The molecule has 2 aromatic rings. The molecule has 0 atom stereocenters. The highest BCUT2D eigenvalue weighted by Crippen LogP contribution is 2.41. The lowest BCUT2D eigenvalue weighted by Crippen LogP contribution is -2.39. The van der Waals surface area contributed by atoms with Crippen molar-refractivity contribution in [3.8, 4) is 11.1 Å². The molecule has 5 rings (SSSR count). The predicted octanol–water partition coefficient (Wildman–Crippen LogP) is 4.82. The number of rotatable bonds is 5. The van der Waals surface area contributed by atoms with Crippen molar-refractivity contribution >= 4 is 15.7 Å². The molecular formula is C23H21F3N4O2S. The van der Waals surface area contributed by atoms with Crippen molar-refractivity contribution in [3.63, 3.8) is 0 Å². The second-order valence-electron chi connectivity index (χ2n) is 8.15. The van der Waals surface area contributed by atoms with Gasteiger partial charge in [0, 0.05) is 18.0 Å². The number of fused-ring (bicyclic) bond motifs is 1. The van der Waals surface area contributed by atoms with Crippen LogP contribution in [-0.4, -0.2) is 30.3 Å². The zero-order valence-corrected chi connectivity index (χ0v) is 18.5. The first kappa shape index (κ1) is 21.7. The number of benzene rings is 1. The number of nitrogens with zero attached hydrogens (tertiary/aromatic N) is 3. The van der Waals surface area contributed by atoms with E-state index in [4.69, 9.17) is 0 Å². The molecule has 0 unspecified atom stereocenters. The van der Waals surface area contributed by atoms with Crippen molar-refractivity contribution in [1.82, 2.24) is 15.5 Å². The largest absolute Gasteiger partial charge is 0.417 e. The van der Waals surface area contributed by atoms with E-state index in [1.807, 2.05) is 12.1 Å². The summed E-state index contributed by atoms with van der Waals surface area (Å²) in [6, 6.07) is 9.58. The molecule has 172 valence electrons. The standard InChI is InChI=1S/C23H21F3N4O2S/c1-2-33(31,32)21-11-18(17-7-5-16(6-8-17)15-3-4-15)12-27-22(21)30-14-20-10-9-19(23(24,25)26)13-29(20)28-30/h5-15,28H,2-4H2,1H3. The van der Waals surface area contributed by atoms with Crippen LogP contribution in [0, 0.1) is 0 Å². The highest BCUT2D eigenvalue weighted by atomic mass is 32.2. The molecule has 1 aromatic heterocycles. The monoisotopic (exact) mass is 474 g/mol. The van der Waals surface area contributed by atoms with Crippen LogP contribution in [0.25, 0.3) is 11.1 Å². The van der Waals surface area contributed by atoms with E-state index >= 15 is 0 Å². The highest BCUT2D eigenvalue weighted by Gasteiger charge is 2.36. The lowest BCUT2D eigenvalue weighted by Gasteiger charge is -2.24.